The Hall–Kier alpha value is -2.40. The standard InChI is InChI=1S/C16H17NO5/c1-11-13(8-18)17-16(14(11)19,15(20)21-2)10-22-9-12-6-4-3-5-7-12/h3-7,14,17,19H,1,9-10H2,2H3. The number of nitrogens with one attached hydrogen (secondary N) is 1. The molecule has 1 aromatic carbocycles. The van der Waals surface area contributed by atoms with Crippen molar-refractivity contribution in [3.05, 3.63) is 53.7 Å². The van der Waals surface area contributed by atoms with Gasteiger partial charge in [0.1, 0.15) is 11.8 Å². The van der Waals surface area contributed by atoms with Crippen molar-refractivity contribution in [1.82, 2.24) is 5.32 Å². The van der Waals surface area contributed by atoms with Crippen molar-refractivity contribution in [2.24, 2.45) is 0 Å². The zero-order valence-electron chi connectivity index (χ0n) is 12.2. The second-order valence-corrected chi connectivity index (χ2v) is 4.97. The highest BCUT2D eigenvalue weighted by Crippen LogP contribution is 2.31. The summed E-state index contributed by atoms with van der Waals surface area (Å²) in [4.78, 5) is 23.0. The predicted octanol–water partition coefficient (Wildman–Crippen LogP) is 0.351. The highest BCUT2D eigenvalue weighted by atomic mass is 16.5. The topological polar surface area (TPSA) is 84.9 Å². The van der Waals surface area contributed by atoms with Gasteiger partial charge < -0.3 is 19.9 Å². The fourth-order valence-corrected chi connectivity index (χ4v) is 2.32. The molecule has 1 heterocycles. The van der Waals surface area contributed by atoms with Gasteiger partial charge in [-0.2, -0.15) is 0 Å². The Bertz CT molecular complexity index is 621. The summed E-state index contributed by atoms with van der Waals surface area (Å²) >= 11 is 0. The van der Waals surface area contributed by atoms with Crippen LogP contribution in [-0.2, 0) is 25.7 Å². The quantitative estimate of drug-likeness (QED) is 0.603. The van der Waals surface area contributed by atoms with E-state index in [4.69, 9.17) is 9.47 Å². The number of benzene rings is 1. The number of hydrogen-bond acceptors (Lipinski definition) is 6. The van der Waals surface area contributed by atoms with E-state index in [9.17, 15) is 14.7 Å². The van der Waals surface area contributed by atoms with Gasteiger partial charge in [0.2, 0.25) is 0 Å². The van der Waals surface area contributed by atoms with E-state index in [-0.39, 0.29) is 24.5 Å². The van der Waals surface area contributed by atoms with Crippen molar-refractivity contribution in [1.29, 1.82) is 0 Å². The summed E-state index contributed by atoms with van der Waals surface area (Å²) in [5.74, 6) is 0.882. The monoisotopic (exact) mass is 303 g/mol. The summed E-state index contributed by atoms with van der Waals surface area (Å²) in [5, 5.41) is 12.9. The Morgan fingerprint density at radius 2 is 2.14 bits per heavy atom. The molecule has 1 aromatic rings. The van der Waals surface area contributed by atoms with Crippen molar-refractivity contribution >= 4 is 11.9 Å². The molecular formula is C16H17NO5. The molecule has 1 saturated heterocycles. The minimum atomic E-state index is -1.59. The molecule has 2 N–H and O–H groups in total. The maximum atomic E-state index is 12.1. The Balaban J connectivity index is 2.16. The van der Waals surface area contributed by atoms with Crippen LogP contribution in [0.2, 0.25) is 0 Å². The molecule has 116 valence electrons. The number of hydrogen-bond donors (Lipinski definition) is 2. The van der Waals surface area contributed by atoms with E-state index in [0.29, 0.717) is 0 Å². The maximum absolute atomic E-state index is 12.1. The van der Waals surface area contributed by atoms with Crippen LogP contribution in [0, 0.1) is 0 Å². The van der Waals surface area contributed by atoms with Crippen LogP contribution in [0.3, 0.4) is 0 Å². The molecule has 6 nitrogen and oxygen atoms in total. The first-order valence-corrected chi connectivity index (χ1v) is 6.65. The number of rotatable bonds is 5. The fraction of sp³-hybridized carbons (Fsp3) is 0.312. The van der Waals surface area contributed by atoms with Crippen molar-refractivity contribution < 1.29 is 24.2 Å². The molecule has 0 saturated carbocycles. The Morgan fingerprint density at radius 1 is 1.45 bits per heavy atom. The molecular weight excluding hydrogens is 286 g/mol. The molecule has 0 spiro atoms. The minimum absolute atomic E-state index is 0.0544. The van der Waals surface area contributed by atoms with E-state index >= 15 is 0 Å². The van der Waals surface area contributed by atoms with Crippen LogP contribution in [0.1, 0.15) is 5.56 Å². The van der Waals surface area contributed by atoms with Gasteiger partial charge in [-0.1, -0.05) is 36.9 Å². The lowest BCUT2D eigenvalue weighted by molar-refractivity contribution is -0.155. The lowest BCUT2D eigenvalue weighted by Gasteiger charge is -2.29. The second kappa shape index (κ2) is 6.58. The minimum Gasteiger partial charge on any atom is -0.467 e. The van der Waals surface area contributed by atoms with Gasteiger partial charge in [-0.25, -0.2) is 9.59 Å². The van der Waals surface area contributed by atoms with Gasteiger partial charge in [0.15, 0.2) is 11.5 Å². The third-order valence-corrected chi connectivity index (χ3v) is 3.56. The van der Waals surface area contributed by atoms with Crippen molar-refractivity contribution in [3.8, 4) is 0 Å². The number of carbonyl (C=O) groups excluding carboxylic acids is 2. The first kappa shape index (κ1) is 16.0. The zero-order chi connectivity index (χ0) is 16.2. The molecule has 22 heavy (non-hydrogen) atoms. The van der Waals surface area contributed by atoms with Crippen LogP contribution in [0.5, 0.6) is 0 Å². The number of esters is 1. The van der Waals surface area contributed by atoms with Crippen molar-refractivity contribution in [3.63, 3.8) is 0 Å². The number of ether oxygens (including phenoxy) is 2. The lowest BCUT2D eigenvalue weighted by atomic mass is 9.93. The summed E-state index contributed by atoms with van der Waals surface area (Å²) in [5.41, 5.74) is -0.641. The van der Waals surface area contributed by atoms with Gasteiger partial charge >= 0.3 is 5.97 Å². The molecule has 2 rings (SSSR count). The smallest absolute Gasteiger partial charge is 0.337 e. The normalized spacial score (nSPS) is 23.8. The van der Waals surface area contributed by atoms with Gasteiger partial charge in [-0.05, 0) is 5.56 Å². The Morgan fingerprint density at radius 3 is 2.68 bits per heavy atom. The number of aliphatic hydroxyl groups is 1. The molecule has 2 atom stereocenters. The average molecular weight is 303 g/mol. The summed E-state index contributed by atoms with van der Waals surface area (Å²) in [6.07, 6.45) is -1.33. The van der Waals surface area contributed by atoms with E-state index in [2.05, 4.69) is 11.9 Å². The average Bonchev–Trinajstić information content (AvgIpc) is 2.80. The molecule has 0 aliphatic carbocycles. The number of carbonyl (C=O) groups is 1. The molecule has 2 unspecified atom stereocenters. The van der Waals surface area contributed by atoms with E-state index in [1.807, 2.05) is 30.3 Å². The summed E-state index contributed by atoms with van der Waals surface area (Å²) in [7, 11) is 1.20. The first-order valence-electron chi connectivity index (χ1n) is 6.65. The van der Waals surface area contributed by atoms with Gasteiger partial charge in [0, 0.05) is 5.57 Å². The van der Waals surface area contributed by atoms with Crippen LogP contribution < -0.4 is 5.32 Å². The predicted molar refractivity (Wildman–Crippen MR) is 78.3 cm³/mol. The summed E-state index contributed by atoms with van der Waals surface area (Å²) in [6.45, 7) is 3.66. The molecule has 1 fully saturated rings. The third kappa shape index (κ3) is 2.80. The first-order chi connectivity index (χ1) is 10.5. The van der Waals surface area contributed by atoms with Crippen LogP contribution in [0.25, 0.3) is 0 Å². The molecule has 0 aromatic heterocycles. The highest BCUT2D eigenvalue weighted by Gasteiger charge is 2.54. The third-order valence-electron chi connectivity index (χ3n) is 3.56. The van der Waals surface area contributed by atoms with Gasteiger partial charge in [-0.3, -0.25) is 0 Å². The zero-order valence-corrected chi connectivity index (χ0v) is 12.2. The van der Waals surface area contributed by atoms with Crippen LogP contribution in [0.15, 0.2) is 48.2 Å². The number of methoxy groups -OCH3 is 1. The maximum Gasteiger partial charge on any atom is 0.337 e. The van der Waals surface area contributed by atoms with Gasteiger partial charge in [0.25, 0.3) is 0 Å². The molecule has 0 radical (unpaired) electrons. The van der Waals surface area contributed by atoms with Gasteiger partial charge in [0.05, 0.1) is 20.3 Å². The van der Waals surface area contributed by atoms with Gasteiger partial charge in [-0.15, -0.1) is 0 Å². The molecule has 1 aliphatic rings. The fourth-order valence-electron chi connectivity index (χ4n) is 2.32. The molecule has 1 aliphatic heterocycles. The van der Waals surface area contributed by atoms with E-state index < -0.39 is 17.6 Å². The number of aliphatic hydroxyl groups excluding tert-OH is 1. The second-order valence-electron chi connectivity index (χ2n) is 4.97. The Kier molecular flexibility index (Phi) is 4.78. The molecule has 0 amide bonds. The van der Waals surface area contributed by atoms with Crippen LogP contribution in [0.4, 0.5) is 0 Å². The van der Waals surface area contributed by atoms with E-state index in [1.165, 1.54) is 7.11 Å². The van der Waals surface area contributed by atoms with Crippen LogP contribution in [-0.4, -0.2) is 42.4 Å². The lowest BCUT2D eigenvalue weighted by Crippen LogP contribution is -2.58. The van der Waals surface area contributed by atoms with E-state index in [1.54, 1.807) is 5.94 Å². The SMILES string of the molecule is C=C1C(=C=O)NC(COCc2ccccc2)(C(=O)OC)C1O. The molecule has 0 bridgehead atoms. The largest absolute Gasteiger partial charge is 0.467 e. The molecule has 6 heteroatoms. The highest BCUT2D eigenvalue weighted by molar-refractivity contribution is 5.86. The summed E-state index contributed by atoms with van der Waals surface area (Å²) < 4.78 is 10.3. The Labute approximate surface area is 128 Å². The van der Waals surface area contributed by atoms with E-state index in [0.717, 1.165) is 5.56 Å². The van der Waals surface area contributed by atoms with Crippen molar-refractivity contribution in [2.75, 3.05) is 13.7 Å². The van der Waals surface area contributed by atoms with Crippen molar-refractivity contribution in [2.45, 2.75) is 18.2 Å². The summed E-state index contributed by atoms with van der Waals surface area (Å²) in [6, 6.07) is 9.36. The van der Waals surface area contributed by atoms with Crippen LogP contribution >= 0.6 is 0 Å².